The Morgan fingerprint density at radius 2 is 2.33 bits per heavy atom. The Bertz CT molecular complexity index is 376. The van der Waals surface area contributed by atoms with E-state index in [1.807, 2.05) is 6.92 Å². The van der Waals surface area contributed by atoms with Crippen molar-refractivity contribution in [2.45, 2.75) is 19.4 Å². The molecule has 1 rings (SSSR count). The second-order valence-electron chi connectivity index (χ2n) is 3.06. The minimum atomic E-state index is -0.924. The van der Waals surface area contributed by atoms with Gasteiger partial charge in [0.25, 0.3) is 0 Å². The number of hydrogen-bond acceptors (Lipinski definition) is 5. The van der Waals surface area contributed by atoms with Gasteiger partial charge in [0.05, 0.1) is 18.2 Å². The van der Waals surface area contributed by atoms with Gasteiger partial charge in [0.2, 0.25) is 11.8 Å². The summed E-state index contributed by atoms with van der Waals surface area (Å²) < 4.78 is 0. The number of nitrogens with zero attached hydrogens (tertiary/aromatic N) is 1. The SMILES string of the molecule is Cc1csc(NC(=O)C(N)CC(N)=O)n1. The standard InChI is InChI=1S/C8H12N4O2S/c1-4-3-15-8(11-4)12-7(14)5(9)2-6(10)13/h3,5H,2,9H2,1H3,(H2,10,13)(H,11,12,14). The van der Waals surface area contributed by atoms with Crippen molar-refractivity contribution in [2.75, 3.05) is 5.32 Å². The Labute approximate surface area is 90.7 Å². The summed E-state index contributed by atoms with van der Waals surface area (Å²) in [6.07, 6.45) is -0.170. The topological polar surface area (TPSA) is 111 Å². The first-order valence-corrected chi connectivity index (χ1v) is 5.14. The molecule has 82 valence electrons. The Balaban J connectivity index is 2.52. The van der Waals surface area contributed by atoms with Crippen LogP contribution < -0.4 is 16.8 Å². The maximum atomic E-state index is 11.4. The largest absolute Gasteiger partial charge is 0.370 e. The van der Waals surface area contributed by atoms with Crippen molar-refractivity contribution in [1.29, 1.82) is 0 Å². The average Bonchev–Trinajstić information content (AvgIpc) is 2.50. The van der Waals surface area contributed by atoms with Gasteiger partial charge in [-0.15, -0.1) is 11.3 Å². The van der Waals surface area contributed by atoms with Crippen molar-refractivity contribution in [3.8, 4) is 0 Å². The molecule has 1 unspecified atom stereocenters. The first-order chi connectivity index (χ1) is 6.99. The lowest BCUT2D eigenvalue weighted by molar-refractivity contribution is -0.123. The second kappa shape index (κ2) is 4.85. The molecule has 0 aliphatic rings. The van der Waals surface area contributed by atoms with Crippen molar-refractivity contribution in [3.63, 3.8) is 0 Å². The first kappa shape index (κ1) is 11.6. The molecule has 6 nitrogen and oxygen atoms in total. The van der Waals surface area contributed by atoms with Crippen molar-refractivity contribution in [2.24, 2.45) is 11.5 Å². The van der Waals surface area contributed by atoms with Gasteiger partial charge in [0.15, 0.2) is 5.13 Å². The van der Waals surface area contributed by atoms with Crippen molar-refractivity contribution >= 4 is 28.3 Å². The summed E-state index contributed by atoms with van der Waals surface area (Å²) in [6.45, 7) is 1.81. The molecule has 0 saturated heterocycles. The molecule has 0 radical (unpaired) electrons. The maximum absolute atomic E-state index is 11.4. The van der Waals surface area contributed by atoms with E-state index in [1.165, 1.54) is 11.3 Å². The molecule has 1 aromatic rings. The van der Waals surface area contributed by atoms with Gasteiger partial charge in [-0.05, 0) is 6.92 Å². The predicted molar refractivity (Wildman–Crippen MR) is 57.3 cm³/mol. The molecule has 1 heterocycles. The number of thiazole rings is 1. The number of carbonyl (C=O) groups excluding carboxylic acids is 2. The van der Waals surface area contributed by atoms with Crippen molar-refractivity contribution in [1.82, 2.24) is 4.98 Å². The normalized spacial score (nSPS) is 12.1. The molecule has 5 N–H and O–H groups in total. The molecule has 0 spiro atoms. The molecule has 1 atom stereocenters. The number of nitrogens with one attached hydrogen (secondary N) is 1. The van der Waals surface area contributed by atoms with Crippen LogP contribution >= 0.6 is 11.3 Å². The summed E-state index contributed by atoms with van der Waals surface area (Å²) in [7, 11) is 0. The number of amides is 2. The van der Waals surface area contributed by atoms with E-state index >= 15 is 0 Å². The van der Waals surface area contributed by atoms with Crippen LogP contribution in [0.1, 0.15) is 12.1 Å². The monoisotopic (exact) mass is 228 g/mol. The summed E-state index contributed by atoms with van der Waals surface area (Å²) in [5.74, 6) is -1.06. The first-order valence-electron chi connectivity index (χ1n) is 4.26. The highest BCUT2D eigenvalue weighted by atomic mass is 32.1. The molecule has 7 heteroatoms. The lowest BCUT2D eigenvalue weighted by Crippen LogP contribution is -2.38. The molecule has 0 aliphatic heterocycles. The Morgan fingerprint density at radius 3 is 2.80 bits per heavy atom. The summed E-state index contributed by atoms with van der Waals surface area (Å²) in [5.41, 5.74) is 11.2. The summed E-state index contributed by atoms with van der Waals surface area (Å²) >= 11 is 1.30. The molecular formula is C8H12N4O2S. The number of anilines is 1. The lowest BCUT2D eigenvalue weighted by atomic mass is 10.2. The van der Waals surface area contributed by atoms with Gasteiger partial charge in [-0.3, -0.25) is 9.59 Å². The van der Waals surface area contributed by atoms with E-state index < -0.39 is 17.9 Å². The number of aromatic nitrogens is 1. The lowest BCUT2D eigenvalue weighted by Gasteiger charge is -2.07. The van der Waals surface area contributed by atoms with Crippen LogP contribution in [0.2, 0.25) is 0 Å². The average molecular weight is 228 g/mol. The minimum Gasteiger partial charge on any atom is -0.370 e. The van der Waals surface area contributed by atoms with Crippen LogP contribution in [0, 0.1) is 6.92 Å². The third-order valence-corrected chi connectivity index (χ3v) is 2.48. The van der Waals surface area contributed by atoms with E-state index in [-0.39, 0.29) is 6.42 Å². The fourth-order valence-electron chi connectivity index (χ4n) is 0.919. The zero-order chi connectivity index (χ0) is 11.4. The van der Waals surface area contributed by atoms with Gasteiger partial charge < -0.3 is 16.8 Å². The summed E-state index contributed by atoms with van der Waals surface area (Å²) in [6, 6.07) is -0.924. The van der Waals surface area contributed by atoms with E-state index in [1.54, 1.807) is 5.38 Å². The minimum absolute atomic E-state index is 0.170. The molecule has 0 aromatic carbocycles. The third-order valence-electron chi connectivity index (χ3n) is 1.61. The fraction of sp³-hybridized carbons (Fsp3) is 0.375. The van der Waals surface area contributed by atoms with Crippen LogP contribution in [-0.4, -0.2) is 22.8 Å². The van der Waals surface area contributed by atoms with Gasteiger partial charge in [-0.1, -0.05) is 0 Å². The Hall–Kier alpha value is -1.47. The maximum Gasteiger partial charge on any atom is 0.243 e. The van der Waals surface area contributed by atoms with Crippen LogP contribution in [0.5, 0.6) is 0 Å². The molecule has 0 fully saturated rings. The van der Waals surface area contributed by atoms with E-state index in [9.17, 15) is 9.59 Å². The highest BCUT2D eigenvalue weighted by Crippen LogP contribution is 2.14. The summed E-state index contributed by atoms with van der Waals surface area (Å²) in [5, 5.41) is 4.77. The summed E-state index contributed by atoms with van der Waals surface area (Å²) in [4.78, 5) is 25.9. The van der Waals surface area contributed by atoms with Crippen LogP contribution in [0.3, 0.4) is 0 Å². The molecule has 1 aromatic heterocycles. The van der Waals surface area contributed by atoms with Crippen LogP contribution in [-0.2, 0) is 9.59 Å². The number of hydrogen-bond donors (Lipinski definition) is 3. The predicted octanol–water partition coefficient (Wildman–Crippen LogP) is -0.407. The highest BCUT2D eigenvalue weighted by Gasteiger charge is 2.16. The van der Waals surface area contributed by atoms with Gasteiger partial charge >= 0.3 is 0 Å². The number of nitrogens with two attached hydrogens (primary N) is 2. The quantitative estimate of drug-likeness (QED) is 0.650. The molecule has 0 bridgehead atoms. The van der Waals surface area contributed by atoms with Gasteiger partial charge in [-0.2, -0.15) is 0 Å². The zero-order valence-electron chi connectivity index (χ0n) is 8.19. The number of carbonyl (C=O) groups is 2. The van der Waals surface area contributed by atoms with Gasteiger partial charge in [0.1, 0.15) is 0 Å². The van der Waals surface area contributed by atoms with Gasteiger partial charge in [0, 0.05) is 5.38 Å². The number of rotatable bonds is 4. The smallest absolute Gasteiger partial charge is 0.243 e. The second-order valence-corrected chi connectivity index (χ2v) is 3.92. The highest BCUT2D eigenvalue weighted by molar-refractivity contribution is 7.13. The Kier molecular flexibility index (Phi) is 3.75. The molecule has 0 saturated carbocycles. The van der Waals surface area contributed by atoms with Crippen LogP contribution in [0.4, 0.5) is 5.13 Å². The van der Waals surface area contributed by atoms with Crippen LogP contribution in [0.15, 0.2) is 5.38 Å². The number of aryl methyl sites for hydroxylation is 1. The van der Waals surface area contributed by atoms with E-state index in [4.69, 9.17) is 11.5 Å². The fourth-order valence-corrected chi connectivity index (χ4v) is 1.61. The molecule has 0 aliphatic carbocycles. The van der Waals surface area contributed by atoms with Gasteiger partial charge in [-0.25, -0.2) is 4.98 Å². The van der Waals surface area contributed by atoms with E-state index in [0.29, 0.717) is 5.13 Å². The molecular weight excluding hydrogens is 216 g/mol. The van der Waals surface area contributed by atoms with E-state index in [0.717, 1.165) is 5.69 Å². The number of primary amides is 1. The van der Waals surface area contributed by atoms with Crippen LogP contribution in [0.25, 0.3) is 0 Å². The van der Waals surface area contributed by atoms with Crippen molar-refractivity contribution < 1.29 is 9.59 Å². The molecule has 2 amide bonds. The van der Waals surface area contributed by atoms with Crippen molar-refractivity contribution in [3.05, 3.63) is 11.1 Å². The molecule has 15 heavy (non-hydrogen) atoms. The Morgan fingerprint density at radius 1 is 1.67 bits per heavy atom. The third kappa shape index (κ3) is 3.64. The van der Waals surface area contributed by atoms with E-state index in [2.05, 4.69) is 10.3 Å². The zero-order valence-corrected chi connectivity index (χ0v) is 9.00.